The van der Waals surface area contributed by atoms with E-state index in [9.17, 15) is 0 Å². The van der Waals surface area contributed by atoms with Gasteiger partial charge in [0, 0.05) is 23.5 Å². The SMILES string of the molecule is NCc1ccnc(CNc2ccc(Cl)cc2)c1. The molecule has 0 saturated heterocycles. The van der Waals surface area contributed by atoms with Gasteiger partial charge < -0.3 is 11.1 Å². The molecule has 0 unspecified atom stereocenters. The van der Waals surface area contributed by atoms with Crippen LogP contribution in [-0.2, 0) is 13.1 Å². The van der Waals surface area contributed by atoms with Crippen molar-refractivity contribution in [3.63, 3.8) is 0 Å². The molecule has 0 bridgehead atoms. The number of pyridine rings is 1. The van der Waals surface area contributed by atoms with E-state index in [-0.39, 0.29) is 0 Å². The van der Waals surface area contributed by atoms with Gasteiger partial charge in [0.1, 0.15) is 0 Å². The first kappa shape index (κ1) is 11.9. The Morgan fingerprint density at radius 1 is 1.18 bits per heavy atom. The highest BCUT2D eigenvalue weighted by Crippen LogP contribution is 2.14. The van der Waals surface area contributed by atoms with Crippen LogP contribution in [0, 0.1) is 0 Å². The molecule has 0 atom stereocenters. The van der Waals surface area contributed by atoms with Gasteiger partial charge in [-0.15, -0.1) is 0 Å². The highest BCUT2D eigenvalue weighted by Gasteiger charge is 1.97. The summed E-state index contributed by atoms with van der Waals surface area (Å²) in [5.41, 5.74) is 8.67. The molecule has 88 valence electrons. The lowest BCUT2D eigenvalue weighted by molar-refractivity contribution is 0.997. The van der Waals surface area contributed by atoms with Crippen molar-refractivity contribution in [3.8, 4) is 0 Å². The van der Waals surface area contributed by atoms with Crippen LogP contribution < -0.4 is 11.1 Å². The third-order valence-corrected chi connectivity index (χ3v) is 2.69. The molecule has 0 fully saturated rings. The zero-order valence-electron chi connectivity index (χ0n) is 9.36. The molecule has 0 spiro atoms. The summed E-state index contributed by atoms with van der Waals surface area (Å²) in [5, 5.41) is 4.01. The number of nitrogens with two attached hydrogens (primary N) is 1. The second-order valence-electron chi connectivity index (χ2n) is 3.72. The van der Waals surface area contributed by atoms with Crippen molar-refractivity contribution in [2.45, 2.75) is 13.1 Å². The lowest BCUT2D eigenvalue weighted by Gasteiger charge is -2.06. The molecule has 2 aromatic rings. The zero-order valence-corrected chi connectivity index (χ0v) is 10.1. The quantitative estimate of drug-likeness (QED) is 0.874. The van der Waals surface area contributed by atoms with Gasteiger partial charge >= 0.3 is 0 Å². The maximum atomic E-state index is 5.81. The monoisotopic (exact) mass is 247 g/mol. The second kappa shape index (κ2) is 5.66. The van der Waals surface area contributed by atoms with Crippen LogP contribution in [0.25, 0.3) is 0 Å². The van der Waals surface area contributed by atoms with Gasteiger partial charge in [-0.1, -0.05) is 11.6 Å². The lowest BCUT2D eigenvalue weighted by Crippen LogP contribution is -2.03. The van der Waals surface area contributed by atoms with E-state index in [2.05, 4.69) is 10.3 Å². The van der Waals surface area contributed by atoms with Gasteiger partial charge in [0.25, 0.3) is 0 Å². The number of rotatable bonds is 4. The smallest absolute Gasteiger partial charge is 0.0597 e. The molecule has 2 rings (SSSR count). The molecule has 1 heterocycles. The molecule has 0 aliphatic carbocycles. The number of benzene rings is 1. The third kappa shape index (κ3) is 3.44. The molecular weight excluding hydrogens is 234 g/mol. The van der Waals surface area contributed by atoms with E-state index in [1.54, 1.807) is 6.20 Å². The fraction of sp³-hybridized carbons (Fsp3) is 0.154. The van der Waals surface area contributed by atoms with Crippen LogP contribution in [0.5, 0.6) is 0 Å². The predicted molar refractivity (Wildman–Crippen MR) is 70.9 cm³/mol. The molecule has 3 nitrogen and oxygen atoms in total. The Labute approximate surface area is 106 Å². The van der Waals surface area contributed by atoms with Gasteiger partial charge in [0.05, 0.1) is 12.2 Å². The van der Waals surface area contributed by atoms with Gasteiger partial charge in [-0.2, -0.15) is 0 Å². The number of anilines is 1. The van der Waals surface area contributed by atoms with Crippen molar-refractivity contribution < 1.29 is 0 Å². The van der Waals surface area contributed by atoms with Gasteiger partial charge in [-0.05, 0) is 42.0 Å². The maximum absolute atomic E-state index is 5.81. The number of hydrogen-bond acceptors (Lipinski definition) is 3. The standard InChI is InChI=1S/C13H14ClN3/c14-11-1-3-12(4-2-11)17-9-13-7-10(8-15)5-6-16-13/h1-7,17H,8-9,15H2. The molecule has 0 aliphatic heterocycles. The Hall–Kier alpha value is -1.58. The van der Waals surface area contributed by atoms with Crippen LogP contribution in [0.4, 0.5) is 5.69 Å². The minimum atomic E-state index is 0.538. The van der Waals surface area contributed by atoms with E-state index in [4.69, 9.17) is 17.3 Å². The van der Waals surface area contributed by atoms with Gasteiger partial charge in [0.15, 0.2) is 0 Å². The Morgan fingerprint density at radius 3 is 2.65 bits per heavy atom. The molecule has 0 radical (unpaired) electrons. The molecular formula is C13H14ClN3. The van der Waals surface area contributed by atoms with Crippen LogP contribution in [0.1, 0.15) is 11.3 Å². The van der Waals surface area contributed by atoms with Crippen molar-refractivity contribution in [2.75, 3.05) is 5.32 Å². The van der Waals surface area contributed by atoms with Crippen LogP contribution in [0.3, 0.4) is 0 Å². The fourth-order valence-corrected chi connectivity index (χ4v) is 1.64. The van der Waals surface area contributed by atoms with E-state index in [0.717, 1.165) is 22.0 Å². The molecule has 4 heteroatoms. The van der Waals surface area contributed by atoms with Crippen LogP contribution >= 0.6 is 11.6 Å². The molecule has 17 heavy (non-hydrogen) atoms. The van der Waals surface area contributed by atoms with Crippen LogP contribution in [0.2, 0.25) is 5.02 Å². The van der Waals surface area contributed by atoms with Crippen LogP contribution in [-0.4, -0.2) is 4.98 Å². The van der Waals surface area contributed by atoms with Gasteiger partial charge in [0.2, 0.25) is 0 Å². The number of nitrogens with one attached hydrogen (secondary N) is 1. The molecule has 1 aromatic heterocycles. The van der Waals surface area contributed by atoms with Crippen molar-refractivity contribution >= 4 is 17.3 Å². The third-order valence-electron chi connectivity index (χ3n) is 2.43. The van der Waals surface area contributed by atoms with Crippen molar-refractivity contribution in [2.24, 2.45) is 5.73 Å². The van der Waals surface area contributed by atoms with Gasteiger partial charge in [-0.25, -0.2) is 0 Å². The lowest BCUT2D eigenvalue weighted by atomic mass is 10.2. The molecule has 0 amide bonds. The fourth-order valence-electron chi connectivity index (χ4n) is 1.51. The number of nitrogens with zero attached hydrogens (tertiary/aromatic N) is 1. The molecule has 3 N–H and O–H groups in total. The first-order valence-corrected chi connectivity index (χ1v) is 5.79. The molecule has 0 aliphatic rings. The summed E-state index contributed by atoms with van der Waals surface area (Å²) in [5.74, 6) is 0. The summed E-state index contributed by atoms with van der Waals surface area (Å²) in [7, 11) is 0. The summed E-state index contributed by atoms with van der Waals surface area (Å²) in [6.45, 7) is 1.21. The van der Waals surface area contributed by atoms with Crippen molar-refractivity contribution in [1.29, 1.82) is 0 Å². The Balaban J connectivity index is 1.99. The summed E-state index contributed by atoms with van der Waals surface area (Å²) < 4.78 is 0. The zero-order chi connectivity index (χ0) is 12.1. The first-order chi connectivity index (χ1) is 8.28. The Morgan fingerprint density at radius 2 is 1.94 bits per heavy atom. The highest BCUT2D eigenvalue weighted by molar-refractivity contribution is 6.30. The summed E-state index contributed by atoms with van der Waals surface area (Å²) >= 11 is 5.81. The normalized spacial score (nSPS) is 10.2. The average Bonchev–Trinajstić information content (AvgIpc) is 2.38. The van der Waals surface area contributed by atoms with Crippen molar-refractivity contribution in [1.82, 2.24) is 4.98 Å². The largest absolute Gasteiger partial charge is 0.379 e. The van der Waals surface area contributed by atoms with E-state index in [1.807, 2.05) is 36.4 Å². The second-order valence-corrected chi connectivity index (χ2v) is 4.16. The number of halogens is 1. The Kier molecular flexibility index (Phi) is 3.96. The minimum absolute atomic E-state index is 0.538. The van der Waals surface area contributed by atoms with E-state index in [0.29, 0.717) is 13.1 Å². The Bertz CT molecular complexity index is 482. The highest BCUT2D eigenvalue weighted by atomic mass is 35.5. The van der Waals surface area contributed by atoms with Crippen LogP contribution in [0.15, 0.2) is 42.6 Å². The number of hydrogen-bond donors (Lipinski definition) is 2. The van der Waals surface area contributed by atoms with Crippen molar-refractivity contribution in [3.05, 3.63) is 58.9 Å². The summed E-state index contributed by atoms with van der Waals surface area (Å²) in [4.78, 5) is 4.28. The topological polar surface area (TPSA) is 50.9 Å². The summed E-state index contributed by atoms with van der Waals surface area (Å²) in [6, 6.07) is 11.5. The maximum Gasteiger partial charge on any atom is 0.0597 e. The predicted octanol–water partition coefficient (Wildman–Crippen LogP) is 2.81. The summed E-state index contributed by atoms with van der Waals surface area (Å²) in [6.07, 6.45) is 1.78. The number of aromatic nitrogens is 1. The minimum Gasteiger partial charge on any atom is -0.379 e. The molecule has 0 saturated carbocycles. The van der Waals surface area contributed by atoms with Gasteiger partial charge in [-0.3, -0.25) is 4.98 Å². The van der Waals surface area contributed by atoms with E-state index < -0.39 is 0 Å². The van der Waals surface area contributed by atoms with E-state index in [1.165, 1.54) is 0 Å². The molecule has 1 aromatic carbocycles. The first-order valence-electron chi connectivity index (χ1n) is 5.41. The van der Waals surface area contributed by atoms with E-state index >= 15 is 0 Å². The average molecular weight is 248 g/mol.